The Labute approximate surface area is 131 Å². The van der Waals surface area contributed by atoms with Crippen molar-refractivity contribution < 1.29 is 4.79 Å². The molecule has 0 unspecified atom stereocenters. The number of ketones is 1. The van der Waals surface area contributed by atoms with Gasteiger partial charge in [-0.25, -0.2) is 0 Å². The molecule has 0 N–H and O–H groups in total. The molecule has 21 heavy (non-hydrogen) atoms. The minimum absolute atomic E-state index is 0.122. The molecule has 0 atom stereocenters. The number of thiophene rings is 2. The number of nitrogens with zero attached hydrogens (tertiary/aromatic N) is 2. The summed E-state index contributed by atoms with van der Waals surface area (Å²) in [7, 11) is 2.01. The van der Waals surface area contributed by atoms with Crippen LogP contribution in [0, 0.1) is 11.3 Å². The summed E-state index contributed by atoms with van der Waals surface area (Å²) in [4.78, 5) is 14.4. The van der Waals surface area contributed by atoms with E-state index in [1.807, 2.05) is 13.1 Å². The Morgan fingerprint density at radius 3 is 2.52 bits per heavy atom. The van der Waals surface area contributed by atoms with E-state index in [0.29, 0.717) is 6.42 Å². The minimum Gasteiger partial charge on any atom is -0.365 e. The van der Waals surface area contributed by atoms with E-state index in [0.717, 1.165) is 21.5 Å². The monoisotopic (exact) mass is 314 g/mol. The molecule has 0 saturated carbocycles. The van der Waals surface area contributed by atoms with Gasteiger partial charge in [0.2, 0.25) is 0 Å². The average Bonchev–Trinajstić information content (AvgIpc) is 3.04. The van der Waals surface area contributed by atoms with E-state index in [1.54, 1.807) is 29.6 Å². The van der Waals surface area contributed by atoms with Gasteiger partial charge in [-0.15, -0.1) is 22.7 Å². The molecule has 0 aliphatic rings. The van der Waals surface area contributed by atoms with E-state index >= 15 is 0 Å². The summed E-state index contributed by atoms with van der Waals surface area (Å²) in [6, 6.07) is 10.6. The number of nitriles is 1. The van der Waals surface area contributed by atoms with E-state index in [9.17, 15) is 4.79 Å². The van der Waals surface area contributed by atoms with Gasteiger partial charge in [-0.05, 0) is 42.0 Å². The molecule has 0 aliphatic carbocycles. The smallest absolute Gasteiger partial charge is 0.169 e. The number of carbonyl (C=O) groups is 1. The highest BCUT2D eigenvalue weighted by molar-refractivity contribution is 7.23. The Kier molecular flexibility index (Phi) is 3.66. The van der Waals surface area contributed by atoms with Gasteiger partial charge in [0, 0.05) is 23.0 Å². The Bertz CT molecular complexity index is 819. The van der Waals surface area contributed by atoms with Gasteiger partial charge in [-0.2, -0.15) is 5.26 Å². The molecule has 2 aromatic heterocycles. The molecule has 0 aliphatic heterocycles. The fraction of sp³-hybridized carbons (Fsp3) is 0.250. The summed E-state index contributed by atoms with van der Waals surface area (Å²) in [5, 5.41) is 12.2. The van der Waals surface area contributed by atoms with Crippen molar-refractivity contribution in [3.8, 4) is 6.07 Å². The van der Waals surface area contributed by atoms with Gasteiger partial charge in [0.25, 0.3) is 0 Å². The van der Waals surface area contributed by atoms with Crippen LogP contribution in [0.25, 0.3) is 20.2 Å². The molecular weight excluding hydrogens is 300 g/mol. The third-order valence-electron chi connectivity index (χ3n) is 3.42. The second-order valence-electron chi connectivity index (χ2n) is 5.01. The molecule has 0 bridgehead atoms. The first-order valence-electron chi connectivity index (χ1n) is 6.64. The Morgan fingerprint density at radius 1 is 1.19 bits per heavy atom. The van der Waals surface area contributed by atoms with Crippen LogP contribution in [0.2, 0.25) is 0 Å². The number of rotatable bonds is 4. The van der Waals surface area contributed by atoms with E-state index < -0.39 is 0 Å². The van der Waals surface area contributed by atoms with Crippen LogP contribution in [-0.2, 0) is 0 Å². The number of carbonyl (C=O) groups excluding carboxylic acids is 1. The Hall–Kier alpha value is -1.90. The predicted octanol–water partition coefficient (Wildman–Crippen LogP) is 4.67. The molecule has 0 spiro atoms. The van der Waals surface area contributed by atoms with Crippen molar-refractivity contribution in [2.75, 3.05) is 18.5 Å². The van der Waals surface area contributed by atoms with Gasteiger partial charge < -0.3 is 4.90 Å². The van der Waals surface area contributed by atoms with Crippen LogP contribution in [0.15, 0.2) is 24.3 Å². The van der Waals surface area contributed by atoms with Crippen molar-refractivity contribution >= 4 is 53.6 Å². The van der Waals surface area contributed by atoms with Gasteiger partial charge in [0.1, 0.15) is 0 Å². The summed E-state index contributed by atoms with van der Waals surface area (Å²) >= 11 is 3.27. The fourth-order valence-corrected chi connectivity index (χ4v) is 4.32. The van der Waals surface area contributed by atoms with Crippen molar-refractivity contribution in [1.82, 2.24) is 0 Å². The van der Waals surface area contributed by atoms with Crippen molar-refractivity contribution in [1.29, 1.82) is 5.26 Å². The molecule has 2 heterocycles. The number of hydrogen-bond donors (Lipinski definition) is 0. The second kappa shape index (κ2) is 5.47. The minimum atomic E-state index is 0.122. The number of fused-ring (bicyclic) bond motifs is 2. The zero-order valence-corrected chi connectivity index (χ0v) is 13.5. The number of Topliss-reactive ketones (excluding diaryl/α,β-unsaturated/α-hetero) is 1. The van der Waals surface area contributed by atoms with Gasteiger partial charge in [-0.1, -0.05) is 0 Å². The lowest BCUT2D eigenvalue weighted by molar-refractivity contribution is 0.102. The summed E-state index contributed by atoms with van der Waals surface area (Å²) < 4.78 is 2.37. The molecule has 3 nitrogen and oxygen atoms in total. The molecule has 3 rings (SSSR count). The zero-order chi connectivity index (χ0) is 15.0. The SMILES string of the molecule is CC(=O)c1cc2cc3sc(N(C)CCC#N)cc3cc2s1. The Balaban J connectivity index is 2.02. The topological polar surface area (TPSA) is 44.1 Å². The summed E-state index contributed by atoms with van der Waals surface area (Å²) in [6.07, 6.45) is 0.530. The molecule has 3 aromatic rings. The lowest BCUT2D eigenvalue weighted by Gasteiger charge is -2.14. The van der Waals surface area contributed by atoms with Crippen LogP contribution < -0.4 is 4.90 Å². The average molecular weight is 314 g/mol. The fourth-order valence-electron chi connectivity index (χ4n) is 2.25. The largest absolute Gasteiger partial charge is 0.365 e. The van der Waals surface area contributed by atoms with Crippen molar-refractivity contribution in [2.24, 2.45) is 0 Å². The zero-order valence-electron chi connectivity index (χ0n) is 11.8. The van der Waals surface area contributed by atoms with Gasteiger partial charge in [0.05, 0.1) is 22.4 Å². The van der Waals surface area contributed by atoms with Crippen LogP contribution in [0.4, 0.5) is 5.00 Å². The van der Waals surface area contributed by atoms with Crippen LogP contribution in [-0.4, -0.2) is 19.4 Å². The molecular formula is C16H14N2OS2. The normalized spacial score (nSPS) is 10.9. The Morgan fingerprint density at radius 2 is 1.86 bits per heavy atom. The molecule has 106 valence electrons. The summed E-state index contributed by atoms with van der Waals surface area (Å²) in [5.41, 5.74) is 0. The van der Waals surface area contributed by atoms with Crippen LogP contribution in [0.3, 0.4) is 0 Å². The number of anilines is 1. The first-order chi connectivity index (χ1) is 10.1. The maximum atomic E-state index is 11.5. The van der Waals surface area contributed by atoms with E-state index in [4.69, 9.17) is 5.26 Å². The molecule has 0 radical (unpaired) electrons. The standard InChI is InChI=1S/C16H14N2OS2/c1-10(19)13-6-11-7-15-12(8-14(11)20-13)9-16(21-15)18(2)5-3-4-17/h6-9H,3,5H2,1-2H3. The first-order valence-corrected chi connectivity index (χ1v) is 8.28. The van der Waals surface area contributed by atoms with E-state index in [1.165, 1.54) is 15.1 Å². The van der Waals surface area contributed by atoms with E-state index in [2.05, 4.69) is 29.2 Å². The number of benzene rings is 1. The van der Waals surface area contributed by atoms with E-state index in [-0.39, 0.29) is 5.78 Å². The second-order valence-corrected chi connectivity index (χ2v) is 7.16. The quantitative estimate of drug-likeness (QED) is 0.657. The van der Waals surface area contributed by atoms with Gasteiger partial charge in [-0.3, -0.25) is 4.79 Å². The maximum Gasteiger partial charge on any atom is 0.169 e. The number of hydrogen-bond acceptors (Lipinski definition) is 5. The van der Waals surface area contributed by atoms with Crippen molar-refractivity contribution in [3.05, 3.63) is 29.1 Å². The maximum absolute atomic E-state index is 11.5. The molecule has 1 aromatic carbocycles. The highest BCUT2D eigenvalue weighted by atomic mass is 32.1. The molecule has 0 saturated heterocycles. The lowest BCUT2D eigenvalue weighted by atomic mass is 10.2. The third kappa shape index (κ3) is 2.65. The van der Waals surface area contributed by atoms with Crippen molar-refractivity contribution in [3.63, 3.8) is 0 Å². The summed E-state index contributed by atoms with van der Waals surface area (Å²) in [6.45, 7) is 2.35. The van der Waals surface area contributed by atoms with Gasteiger partial charge >= 0.3 is 0 Å². The van der Waals surface area contributed by atoms with Gasteiger partial charge in [0.15, 0.2) is 5.78 Å². The predicted molar refractivity (Wildman–Crippen MR) is 90.7 cm³/mol. The third-order valence-corrected chi connectivity index (χ3v) is 5.84. The molecule has 0 amide bonds. The summed E-state index contributed by atoms with van der Waals surface area (Å²) in [5.74, 6) is 0.122. The highest BCUT2D eigenvalue weighted by Gasteiger charge is 2.10. The van der Waals surface area contributed by atoms with Crippen LogP contribution in [0.5, 0.6) is 0 Å². The van der Waals surface area contributed by atoms with Crippen LogP contribution in [0.1, 0.15) is 23.0 Å². The first kappa shape index (κ1) is 14.1. The van der Waals surface area contributed by atoms with Crippen molar-refractivity contribution in [2.45, 2.75) is 13.3 Å². The van der Waals surface area contributed by atoms with Crippen LogP contribution >= 0.6 is 22.7 Å². The molecule has 0 fully saturated rings. The lowest BCUT2D eigenvalue weighted by Crippen LogP contribution is -2.16. The highest BCUT2D eigenvalue weighted by Crippen LogP contribution is 2.37. The molecule has 5 heteroatoms.